The maximum absolute atomic E-state index is 9.75. The Kier molecular flexibility index (Phi) is 20.8. The zero-order valence-corrected chi connectivity index (χ0v) is 13.4. The summed E-state index contributed by atoms with van der Waals surface area (Å²) in [5, 5.41) is 0. The fourth-order valence-corrected chi connectivity index (χ4v) is 0.874. The molecule has 0 aromatic heterocycles. The molecule has 0 N–H and O–H groups in total. The minimum absolute atomic E-state index is 0. The Balaban J connectivity index is -0.000000113. The van der Waals surface area contributed by atoms with Crippen LogP contribution in [0.15, 0.2) is 24.3 Å². The largest absolute Gasteiger partial charge is 3.00 e. The average Bonchev–Trinajstić information content (AvgIpc) is 2.05. The minimum Gasteiger partial charge on any atom is -0.418 e. The Morgan fingerprint density at radius 2 is 0.625 bits per heavy atom. The molecule has 0 aliphatic heterocycles. The van der Waals surface area contributed by atoms with E-state index in [1.54, 1.807) is 0 Å². The van der Waals surface area contributed by atoms with Crippen molar-refractivity contribution in [2.24, 2.45) is 0 Å². The summed E-state index contributed by atoms with van der Waals surface area (Å²) in [4.78, 5) is 0. The van der Waals surface area contributed by atoms with Crippen LogP contribution in [0.1, 0.15) is 25.7 Å². The monoisotopic (exact) mass is 472 g/mol. The Hall–Kier alpha value is -0.542. The van der Waals surface area contributed by atoms with Gasteiger partial charge in [-0.1, -0.05) is 24.3 Å². The van der Waals surface area contributed by atoms with Gasteiger partial charge in [0, 0.05) is 0 Å². The zero-order valence-electron chi connectivity index (χ0n) is 11.7. The number of rotatable bonds is 0. The molecule has 0 nitrogen and oxygen atoms in total. The van der Waals surface area contributed by atoms with Gasteiger partial charge in [-0.25, -0.2) is 0 Å². The van der Waals surface area contributed by atoms with Crippen molar-refractivity contribution in [3.8, 4) is 0 Å². The molecule has 0 spiro atoms. The summed E-state index contributed by atoms with van der Waals surface area (Å²) >= 11 is 0. The third-order valence-electron chi connectivity index (χ3n) is 1.37. The van der Waals surface area contributed by atoms with Gasteiger partial charge in [-0.3, -0.25) is 0 Å². The molecule has 1 rings (SSSR count). The van der Waals surface area contributed by atoms with Gasteiger partial charge in [0.15, 0.2) is 0 Å². The van der Waals surface area contributed by atoms with Crippen LogP contribution < -0.4 is 0 Å². The second kappa shape index (κ2) is 16.0. The molecule has 0 unspecified atom stereocenters. The van der Waals surface area contributed by atoms with E-state index in [0.29, 0.717) is 0 Å². The Morgan fingerprint density at radius 1 is 0.458 bits per heavy atom. The normalized spacial score (nSPS) is 16.8. The summed E-state index contributed by atoms with van der Waals surface area (Å²) in [5.41, 5.74) is 0. The molecule has 0 atom stereocenters. The molecule has 146 valence electrons. The van der Waals surface area contributed by atoms with Gasteiger partial charge in [0.1, 0.15) is 0 Å². The maximum Gasteiger partial charge on any atom is 3.00 e. The Morgan fingerprint density at radius 3 is 0.792 bits per heavy atom. The molecule has 0 saturated carbocycles. The molecule has 16 heteroatoms. The summed E-state index contributed by atoms with van der Waals surface area (Å²) in [5.74, 6) is 0. The Labute approximate surface area is 143 Å². The van der Waals surface area contributed by atoms with Crippen LogP contribution in [-0.2, 0) is 19.5 Å². The van der Waals surface area contributed by atoms with Crippen LogP contribution in [0.2, 0.25) is 0 Å². The van der Waals surface area contributed by atoms with E-state index in [1.165, 1.54) is 25.7 Å². The van der Waals surface area contributed by atoms with E-state index in [1.807, 2.05) is 0 Å². The standard InChI is InChI=1S/C8H12.3BF4.Rh/c1-2-4-6-8-7-5-3-1;3*2-1(3,4)5;/h1-4H,5-8H2;;;;/q;3*-1;+3/b3-1-,4-2-;;;;. The van der Waals surface area contributed by atoms with Crippen molar-refractivity contribution >= 4 is 21.8 Å². The van der Waals surface area contributed by atoms with Crippen LogP contribution in [0.5, 0.6) is 0 Å². The van der Waals surface area contributed by atoms with Gasteiger partial charge < -0.3 is 51.8 Å². The van der Waals surface area contributed by atoms with Crippen LogP contribution in [0.25, 0.3) is 0 Å². The first-order valence-corrected chi connectivity index (χ1v) is 5.94. The predicted octanol–water partition coefficient (Wildman–Crippen LogP) is 6.57. The van der Waals surface area contributed by atoms with E-state index in [0.717, 1.165) is 0 Å². The molecule has 1 aliphatic rings. The van der Waals surface area contributed by atoms with Crippen LogP contribution in [0.3, 0.4) is 0 Å². The molecule has 0 aromatic carbocycles. The predicted molar refractivity (Wildman–Crippen MR) is 67.3 cm³/mol. The van der Waals surface area contributed by atoms with Crippen LogP contribution >= 0.6 is 0 Å². The summed E-state index contributed by atoms with van der Waals surface area (Å²) in [6, 6.07) is 0. The van der Waals surface area contributed by atoms with Crippen LogP contribution in [0, 0.1) is 0 Å². The van der Waals surface area contributed by atoms with E-state index < -0.39 is 21.8 Å². The van der Waals surface area contributed by atoms with Crippen molar-refractivity contribution in [3.63, 3.8) is 0 Å². The summed E-state index contributed by atoms with van der Waals surface area (Å²) in [7, 11) is -18.0. The van der Waals surface area contributed by atoms with Crippen LogP contribution in [0.4, 0.5) is 51.8 Å². The molecule has 0 fully saturated rings. The van der Waals surface area contributed by atoms with E-state index in [9.17, 15) is 51.8 Å². The first kappa shape index (κ1) is 31.2. The quantitative estimate of drug-likeness (QED) is 0.277. The number of allylic oxidation sites excluding steroid dienone is 4. The molecular formula is C8H12B3F12Rh. The number of hydrogen-bond acceptors (Lipinski definition) is 0. The summed E-state index contributed by atoms with van der Waals surface area (Å²) < 4.78 is 117. The van der Waals surface area contributed by atoms with E-state index >= 15 is 0 Å². The van der Waals surface area contributed by atoms with Crippen molar-refractivity contribution < 1.29 is 71.3 Å². The van der Waals surface area contributed by atoms with Crippen molar-refractivity contribution in [2.75, 3.05) is 0 Å². The fraction of sp³-hybridized carbons (Fsp3) is 0.500. The fourth-order valence-electron chi connectivity index (χ4n) is 0.874. The SMILES string of the molecule is C1=C\CCCC\C=C/1.F[B-](F)(F)F.F[B-](F)(F)F.F[B-](F)(F)F.[Rh+3]. The van der Waals surface area contributed by atoms with Gasteiger partial charge in [-0.05, 0) is 25.7 Å². The van der Waals surface area contributed by atoms with Gasteiger partial charge >= 0.3 is 41.2 Å². The van der Waals surface area contributed by atoms with Gasteiger partial charge in [0.25, 0.3) is 0 Å². The number of halogens is 12. The molecule has 0 radical (unpaired) electrons. The summed E-state index contributed by atoms with van der Waals surface area (Å²) in [6.07, 6.45) is 14.0. The van der Waals surface area contributed by atoms with Gasteiger partial charge in [-0.2, -0.15) is 0 Å². The molecule has 1 aliphatic carbocycles. The molecule has 0 aromatic rings. The third kappa shape index (κ3) is 161. The number of hydrogen-bond donors (Lipinski definition) is 0. The average molecular weight is 472 g/mol. The first-order chi connectivity index (χ1) is 10.0. The van der Waals surface area contributed by atoms with Crippen molar-refractivity contribution in [1.82, 2.24) is 0 Å². The topological polar surface area (TPSA) is 0 Å². The van der Waals surface area contributed by atoms with Crippen molar-refractivity contribution in [1.29, 1.82) is 0 Å². The molecule has 0 amide bonds. The third-order valence-corrected chi connectivity index (χ3v) is 1.37. The maximum atomic E-state index is 9.75. The van der Waals surface area contributed by atoms with E-state index in [-0.39, 0.29) is 19.5 Å². The second-order valence-corrected chi connectivity index (χ2v) is 3.63. The molecular weight excluding hydrogens is 459 g/mol. The van der Waals surface area contributed by atoms with E-state index in [4.69, 9.17) is 0 Å². The van der Waals surface area contributed by atoms with Gasteiger partial charge in [-0.15, -0.1) is 0 Å². The zero-order chi connectivity index (χ0) is 19.2. The summed E-state index contributed by atoms with van der Waals surface area (Å²) in [6.45, 7) is 0. The molecule has 0 saturated heterocycles. The van der Waals surface area contributed by atoms with E-state index in [2.05, 4.69) is 24.3 Å². The molecule has 0 bridgehead atoms. The smallest absolute Gasteiger partial charge is 0.418 e. The molecule has 24 heavy (non-hydrogen) atoms. The molecule has 0 heterocycles. The first-order valence-electron chi connectivity index (χ1n) is 5.94. The second-order valence-electron chi connectivity index (χ2n) is 3.63. The van der Waals surface area contributed by atoms with Gasteiger partial charge in [0.2, 0.25) is 0 Å². The van der Waals surface area contributed by atoms with Crippen molar-refractivity contribution in [3.05, 3.63) is 24.3 Å². The minimum atomic E-state index is -6.00. The van der Waals surface area contributed by atoms with Crippen LogP contribution in [-0.4, -0.2) is 21.8 Å². The Bertz CT molecular complexity index is 261. The van der Waals surface area contributed by atoms with Gasteiger partial charge in [0.05, 0.1) is 0 Å². The van der Waals surface area contributed by atoms with Crippen molar-refractivity contribution in [2.45, 2.75) is 25.7 Å².